The third-order valence-corrected chi connectivity index (χ3v) is 4.97. The Morgan fingerprint density at radius 3 is 2.20 bits per heavy atom. The molecule has 1 heterocycles. The molecule has 0 fully saturated rings. The van der Waals surface area contributed by atoms with Crippen LogP contribution in [0.2, 0.25) is 0 Å². The highest BCUT2D eigenvalue weighted by Gasteiger charge is 2.21. The molecule has 3 rings (SSSR count). The Bertz CT molecular complexity index is 1140. The molecule has 0 radical (unpaired) electrons. The van der Waals surface area contributed by atoms with Gasteiger partial charge in [-0.25, -0.2) is 4.39 Å². The maximum absolute atomic E-state index is 13.7. The van der Waals surface area contributed by atoms with E-state index < -0.39 is 5.60 Å². The van der Waals surface area contributed by atoms with Gasteiger partial charge in [-0.1, -0.05) is 6.07 Å². The van der Waals surface area contributed by atoms with Gasteiger partial charge >= 0.3 is 0 Å². The molecule has 0 saturated heterocycles. The van der Waals surface area contributed by atoms with Crippen molar-refractivity contribution < 1.29 is 19.0 Å². The summed E-state index contributed by atoms with van der Waals surface area (Å²) in [6.45, 7) is 8.65. The monoisotopic (exact) mass is 411 g/mol. The molecule has 0 aliphatic heterocycles. The SMILES string of the molecule is COc1cc(=O)c(C)cn1-c1cc(C(C)(C)O)ccc1Oc1c(C)cc(F)cc1C. The van der Waals surface area contributed by atoms with Gasteiger partial charge in [0.15, 0.2) is 11.2 Å². The molecule has 0 saturated carbocycles. The predicted octanol–water partition coefficient (Wildman–Crippen LogP) is 4.93. The third-order valence-electron chi connectivity index (χ3n) is 4.97. The summed E-state index contributed by atoms with van der Waals surface area (Å²) < 4.78 is 27.1. The second-order valence-electron chi connectivity index (χ2n) is 7.95. The first-order valence-electron chi connectivity index (χ1n) is 9.60. The largest absolute Gasteiger partial charge is 0.482 e. The Morgan fingerprint density at radius 2 is 1.63 bits per heavy atom. The first-order chi connectivity index (χ1) is 14.0. The van der Waals surface area contributed by atoms with E-state index in [9.17, 15) is 14.3 Å². The van der Waals surface area contributed by atoms with Gasteiger partial charge in [0, 0.05) is 17.8 Å². The normalized spacial score (nSPS) is 11.5. The summed E-state index contributed by atoms with van der Waals surface area (Å²) in [4.78, 5) is 12.1. The summed E-state index contributed by atoms with van der Waals surface area (Å²) in [5.41, 5.74) is 1.87. The number of hydrogen-bond acceptors (Lipinski definition) is 4. The zero-order chi connectivity index (χ0) is 22.2. The molecule has 5 nitrogen and oxygen atoms in total. The fourth-order valence-electron chi connectivity index (χ4n) is 3.30. The van der Waals surface area contributed by atoms with Crippen molar-refractivity contribution in [1.82, 2.24) is 4.57 Å². The minimum absolute atomic E-state index is 0.144. The van der Waals surface area contributed by atoms with Gasteiger partial charge in [0.25, 0.3) is 0 Å². The topological polar surface area (TPSA) is 60.7 Å². The lowest BCUT2D eigenvalue weighted by Gasteiger charge is -2.23. The minimum Gasteiger partial charge on any atom is -0.482 e. The van der Waals surface area contributed by atoms with Crippen LogP contribution >= 0.6 is 0 Å². The molecule has 3 aromatic rings. The number of aliphatic hydroxyl groups is 1. The molecule has 2 aromatic carbocycles. The van der Waals surface area contributed by atoms with E-state index in [1.54, 1.807) is 63.6 Å². The molecular weight excluding hydrogens is 385 g/mol. The number of ether oxygens (including phenoxy) is 2. The number of nitrogens with zero attached hydrogens (tertiary/aromatic N) is 1. The van der Waals surface area contributed by atoms with E-state index in [0.29, 0.717) is 45.3 Å². The average molecular weight is 411 g/mol. The maximum atomic E-state index is 13.7. The van der Waals surface area contributed by atoms with Crippen LogP contribution < -0.4 is 14.9 Å². The van der Waals surface area contributed by atoms with E-state index in [1.807, 2.05) is 0 Å². The number of hydrogen-bond donors (Lipinski definition) is 1. The molecule has 1 N–H and O–H groups in total. The molecule has 158 valence electrons. The van der Waals surface area contributed by atoms with Crippen LogP contribution in [0.25, 0.3) is 5.69 Å². The standard InChI is InChI=1S/C24H26FNO4/c1-14-9-18(25)10-15(2)23(14)30-21-8-7-17(24(4,5)28)11-19(21)26-13-16(3)20(27)12-22(26)29-6/h7-13,28H,1-6H3. The fourth-order valence-corrected chi connectivity index (χ4v) is 3.30. The van der Waals surface area contributed by atoms with Gasteiger partial charge in [0.2, 0.25) is 5.88 Å². The number of pyridine rings is 1. The van der Waals surface area contributed by atoms with Crippen LogP contribution in [-0.4, -0.2) is 16.8 Å². The lowest BCUT2D eigenvalue weighted by Crippen LogP contribution is -2.17. The lowest BCUT2D eigenvalue weighted by molar-refractivity contribution is 0.0785. The van der Waals surface area contributed by atoms with Crippen molar-refractivity contribution in [2.24, 2.45) is 0 Å². The number of methoxy groups -OCH3 is 1. The zero-order valence-electron chi connectivity index (χ0n) is 18.0. The van der Waals surface area contributed by atoms with Crippen molar-refractivity contribution in [2.75, 3.05) is 7.11 Å². The Kier molecular flexibility index (Phi) is 5.72. The van der Waals surface area contributed by atoms with E-state index in [-0.39, 0.29) is 11.2 Å². The van der Waals surface area contributed by atoms with Crippen molar-refractivity contribution >= 4 is 0 Å². The number of benzene rings is 2. The summed E-state index contributed by atoms with van der Waals surface area (Å²) in [6.07, 6.45) is 1.67. The smallest absolute Gasteiger partial charge is 0.201 e. The maximum Gasteiger partial charge on any atom is 0.201 e. The van der Waals surface area contributed by atoms with Crippen molar-refractivity contribution in [3.63, 3.8) is 0 Å². The number of aromatic nitrogens is 1. The third kappa shape index (κ3) is 4.24. The van der Waals surface area contributed by atoms with Crippen LogP contribution in [0.4, 0.5) is 4.39 Å². The van der Waals surface area contributed by atoms with E-state index >= 15 is 0 Å². The van der Waals surface area contributed by atoms with Crippen LogP contribution in [0.5, 0.6) is 17.4 Å². The van der Waals surface area contributed by atoms with Gasteiger partial charge in [-0.2, -0.15) is 0 Å². The molecule has 0 amide bonds. The number of halogens is 1. The predicted molar refractivity (Wildman–Crippen MR) is 115 cm³/mol. The highest BCUT2D eigenvalue weighted by molar-refractivity contribution is 5.55. The summed E-state index contributed by atoms with van der Waals surface area (Å²) in [5, 5.41) is 10.5. The summed E-state index contributed by atoms with van der Waals surface area (Å²) in [6, 6.07) is 9.54. The van der Waals surface area contributed by atoms with Crippen molar-refractivity contribution in [2.45, 2.75) is 40.2 Å². The molecule has 1 aromatic heterocycles. The van der Waals surface area contributed by atoms with Gasteiger partial charge in [0.1, 0.15) is 11.6 Å². The molecule has 0 aliphatic carbocycles. The summed E-state index contributed by atoms with van der Waals surface area (Å²) in [7, 11) is 1.48. The van der Waals surface area contributed by atoms with Gasteiger partial charge < -0.3 is 14.6 Å². The Morgan fingerprint density at radius 1 is 1.00 bits per heavy atom. The summed E-state index contributed by atoms with van der Waals surface area (Å²) in [5.74, 6) is 1.02. The van der Waals surface area contributed by atoms with Gasteiger partial charge in [-0.15, -0.1) is 0 Å². The Hall–Kier alpha value is -3.12. The average Bonchev–Trinajstić information content (AvgIpc) is 2.65. The highest BCUT2D eigenvalue weighted by Crippen LogP contribution is 2.36. The second kappa shape index (κ2) is 7.95. The van der Waals surface area contributed by atoms with Gasteiger partial charge in [-0.05, 0) is 75.6 Å². The first-order valence-corrected chi connectivity index (χ1v) is 9.60. The van der Waals surface area contributed by atoms with E-state index in [0.717, 1.165) is 0 Å². The van der Waals surface area contributed by atoms with E-state index in [2.05, 4.69) is 0 Å². The van der Waals surface area contributed by atoms with Crippen molar-refractivity contribution in [1.29, 1.82) is 0 Å². The minimum atomic E-state index is -1.09. The zero-order valence-corrected chi connectivity index (χ0v) is 18.0. The van der Waals surface area contributed by atoms with Gasteiger partial charge in [0.05, 0.1) is 18.4 Å². The molecule has 6 heteroatoms. The highest BCUT2D eigenvalue weighted by atomic mass is 19.1. The number of rotatable bonds is 5. The quantitative estimate of drug-likeness (QED) is 0.647. The summed E-state index contributed by atoms with van der Waals surface area (Å²) >= 11 is 0. The van der Waals surface area contributed by atoms with Crippen LogP contribution in [-0.2, 0) is 5.60 Å². The molecule has 0 bridgehead atoms. The Labute approximate surface area is 175 Å². The van der Waals surface area contributed by atoms with Gasteiger partial charge in [-0.3, -0.25) is 9.36 Å². The van der Waals surface area contributed by atoms with Crippen LogP contribution in [0.15, 0.2) is 47.4 Å². The molecule has 0 aliphatic rings. The molecule has 0 spiro atoms. The molecule has 0 unspecified atom stereocenters. The fraction of sp³-hybridized carbons (Fsp3) is 0.292. The molecule has 0 atom stereocenters. The van der Waals surface area contributed by atoms with E-state index in [1.165, 1.54) is 25.3 Å². The van der Waals surface area contributed by atoms with Crippen LogP contribution in [0, 0.1) is 26.6 Å². The molecular formula is C24H26FNO4. The lowest BCUT2D eigenvalue weighted by atomic mass is 9.97. The number of aryl methyl sites for hydroxylation is 3. The second-order valence-corrected chi connectivity index (χ2v) is 7.95. The van der Waals surface area contributed by atoms with E-state index in [4.69, 9.17) is 9.47 Å². The Balaban J connectivity index is 2.26. The van der Waals surface area contributed by atoms with Crippen molar-refractivity contribution in [3.05, 3.63) is 80.9 Å². The van der Waals surface area contributed by atoms with Crippen LogP contribution in [0.3, 0.4) is 0 Å². The van der Waals surface area contributed by atoms with Crippen molar-refractivity contribution in [3.8, 4) is 23.1 Å². The van der Waals surface area contributed by atoms with Crippen LogP contribution in [0.1, 0.15) is 36.1 Å². The first kappa shape index (κ1) is 21.6. The molecule has 30 heavy (non-hydrogen) atoms.